The maximum atomic E-state index is 9.20. The van der Waals surface area contributed by atoms with E-state index in [-0.39, 0.29) is 29.9 Å². The Morgan fingerprint density at radius 3 is 2.14 bits per heavy atom. The van der Waals surface area contributed by atoms with Gasteiger partial charge in [-0.1, -0.05) is 13.3 Å². The highest BCUT2D eigenvalue weighted by atomic mass is 35.5. The predicted molar refractivity (Wildman–Crippen MR) is 58.9 cm³/mol. The molecular formula is C10H16ClNO2. The molecule has 0 aromatic heterocycles. The Bertz CT molecular complexity index is 271. The van der Waals surface area contributed by atoms with Crippen LogP contribution in [0.4, 0.5) is 0 Å². The van der Waals surface area contributed by atoms with E-state index < -0.39 is 0 Å². The number of rotatable bonds is 3. The minimum atomic E-state index is -0.108. The summed E-state index contributed by atoms with van der Waals surface area (Å²) in [4.78, 5) is 0. The molecule has 0 spiro atoms. The summed E-state index contributed by atoms with van der Waals surface area (Å²) in [5.41, 5.74) is 6.60. The van der Waals surface area contributed by atoms with Crippen LogP contribution in [0.25, 0.3) is 0 Å². The van der Waals surface area contributed by atoms with E-state index >= 15 is 0 Å². The van der Waals surface area contributed by atoms with E-state index in [1.54, 1.807) is 12.1 Å². The largest absolute Gasteiger partial charge is 0.508 e. The number of hydrogen-bond donors (Lipinski definition) is 3. The third-order valence-electron chi connectivity index (χ3n) is 1.95. The van der Waals surface area contributed by atoms with Crippen LogP contribution in [0.5, 0.6) is 11.5 Å². The number of halogens is 1. The Hall–Kier alpha value is -0.930. The summed E-state index contributed by atoms with van der Waals surface area (Å²) in [6.07, 6.45) is 1.83. The molecule has 0 fully saturated rings. The van der Waals surface area contributed by atoms with Crippen molar-refractivity contribution in [3.63, 3.8) is 0 Å². The minimum absolute atomic E-state index is 0. The number of phenolic OH excluding ortho intramolecular Hbond substituents is 2. The molecule has 1 atom stereocenters. The van der Waals surface area contributed by atoms with Crippen molar-refractivity contribution in [3.8, 4) is 11.5 Å². The van der Waals surface area contributed by atoms with Gasteiger partial charge in [0.05, 0.1) is 0 Å². The van der Waals surface area contributed by atoms with Crippen LogP contribution in [0, 0.1) is 0 Å². The maximum absolute atomic E-state index is 9.20. The molecule has 3 nitrogen and oxygen atoms in total. The zero-order valence-corrected chi connectivity index (χ0v) is 8.92. The third-order valence-corrected chi connectivity index (χ3v) is 1.95. The fraction of sp³-hybridized carbons (Fsp3) is 0.400. The fourth-order valence-corrected chi connectivity index (χ4v) is 1.31. The molecule has 4 heteroatoms. The molecule has 1 rings (SSSR count). The van der Waals surface area contributed by atoms with Crippen LogP contribution < -0.4 is 5.73 Å². The first-order chi connectivity index (χ1) is 6.13. The van der Waals surface area contributed by atoms with Gasteiger partial charge in [0, 0.05) is 12.1 Å². The first-order valence-corrected chi connectivity index (χ1v) is 4.42. The third kappa shape index (κ3) is 3.44. The first-order valence-electron chi connectivity index (χ1n) is 4.42. The Morgan fingerprint density at radius 2 is 1.71 bits per heavy atom. The minimum Gasteiger partial charge on any atom is -0.508 e. The summed E-state index contributed by atoms with van der Waals surface area (Å²) in [5.74, 6) is 0.114. The van der Waals surface area contributed by atoms with Crippen molar-refractivity contribution in [3.05, 3.63) is 23.8 Å². The number of hydrogen-bond acceptors (Lipinski definition) is 3. The predicted octanol–water partition coefficient (Wildman–Crippen LogP) is 2.32. The van der Waals surface area contributed by atoms with Crippen molar-refractivity contribution in [2.24, 2.45) is 5.73 Å². The average Bonchev–Trinajstić information content (AvgIpc) is 2.03. The Morgan fingerprint density at radius 1 is 1.21 bits per heavy atom. The van der Waals surface area contributed by atoms with Crippen LogP contribution in [0.15, 0.2) is 18.2 Å². The normalized spacial score (nSPS) is 11.9. The number of aromatic hydroxyl groups is 2. The molecule has 0 amide bonds. The van der Waals surface area contributed by atoms with Gasteiger partial charge < -0.3 is 15.9 Å². The van der Waals surface area contributed by atoms with Crippen LogP contribution in [-0.2, 0) is 0 Å². The summed E-state index contributed by atoms with van der Waals surface area (Å²) in [6.45, 7) is 2.04. The molecule has 0 saturated heterocycles. The number of nitrogens with two attached hydrogens (primary N) is 1. The van der Waals surface area contributed by atoms with Gasteiger partial charge in [-0.05, 0) is 24.1 Å². The van der Waals surface area contributed by atoms with Crippen molar-refractivity contribution in [1.82, 2.24) is 0 Å². The molecule has 0 aliphatic rings. The van der Waals surface area contributed by atoms with Gasteiger partial charge in [0.2, 0.25) is 0 Å². The smallest absolute Gasteiger partial charge is 0.119 e. The van der Waals surface area contributed by atoms with Gasteiger partial charge in [-0.25, -0.2) is 0 Å². The lowest BCUT2D eigenvalue weighted by Gasteiger charge is -2.11. The second-order valence-electron chi connectivity index (χ2n) is 3.18. The summed E-state index contributed by atoms with van der Waals surface area (Å²) >= 11 is 0. The van der Waals surface area contributed by atoms with E-state index in [2.05, 4.69) is 0 Å². The van der Waals surface area contributed by atoms with Crippen LogP contribution in [0.2, 0.25) is 0 Å². The summed E-state index contributed by atoms with van der Waals surface area (Å²) in [5, 5.41) is 18.4. The standard InChI is InChI=1S/C10H15NO2.ClH/c1-2-3-10(11)7-4-8(12)6-9(13)5-7;/h4-6,10,12-13H,2-3,11H2,1H3;1H/t10-;/m0./s1. The maximum Gasteiger partial charge on any atom is 0.119 e. The lowest BCUT2D eigenvalue weighted by atomic mass is 10.0. The topological polar surface area (TPSA) is 66.5 Å². The lowest BCUT2D eigenvalue weighted by molar-refractivity contribution is 0.447. The molecule has 0 aliphatic carbocycles. The molecule has 0 radical (unpaired) electrons. The highest BCUT2D eigenvalue weighted by molar-refractivity contribution is 5.85. The second kappa shape index (κ2) is 5.73. The average molecular weight is 218 g/mol. The molecule has 14 heavy (non-hydrogen) atoms. The highest BCUT2D eigenvalue weighted by Gasteiger charge is 2.06. The summed E-state index contributed by atoms with van der Waals surface area (Å²) in [6, 6.07) is 4.35. The SMILES string of the molecule is CCC[C@H](N)c1cc(O)cc(O)c1.Cl. The van der Waals surface area contributed by atoms with Crippen molar-refractivity contribution < 1.29 is 10.2 Å². The second-order valence-corrected chi connectivity index (χ2v) is 3.18. The number of benzene rings is 1. The van der Waals surface area contributed by atoms with Crippen LogP contribution in [-0.4, -0.2) is 10.2 Å². The Kier molecular flexibility index (Phi) is 5.35. The fourth-order valence-electron chi connectivity index (χ4n) is 1.31. The van der Waals surface area contributed by atoms with Crippen molar-refractivity contribution >= 4 is 12.4 Å². The molecule has 4 N–H and O–H groups in total. The van der Waals surface area contributed by atoms with Gasteiger partial charge in [-0.2, -0.15) is 0 Å². The van der Waals surface area contributed by atoms with Crippen molar-refractivity contribution in [2.45, 2.75) is 25.8 Å². The zero-order valence-electron chi connectivity index (χ0n) is 8.10. The van der Waals surface area contributed by atoms with Gasteiger partial charge in [-0.3, -0.25) is 0 Å². The highest BCUT2D eigenvalue weighted by Crippen LogP contribution is 2.25. The summed E-state index contributed by atoms with van der Waals surface area (Å²) in [7, 11) is 0. The van der Waals surface area contributed by atoms with E-state index in [9.17, 15) is 10.2 Å². The van der Waals surface area contributed by atoms with Gasteiger partial charge in [0.15, 0.2) is 0 Å². The Labute approximate surface area is 90.0 Å². The zero-order chi connectivity index (χ0) is 9.84. The van der Waals surface area contributed by atoms with Crippen LogP contribution in [0.1, 0.15) is 31.4 Å². The lowest BCUT2D eigenvalue weighted by Crippen LogP contribution is -2.09. The molecular weight excluding hydrogens is 202 g/mol. The van der Waals surface area contributed by atoms with Crippen molar-refractivity contribution in [2.75, 3.05) is 0 Å². The molecule has 0 heterocycles. The first kappa shape index (κ1) is 13.1. The van der Waals surface area contributed by atoms with E-state index in [1.807, 2.05) is 6.92 Å². The molecule has 1 aromatic carbocycles. The van der Waals surface area contributed by atoms with Crippen molar-refractivity contribution in [1.29, 1.82) is 0 Å². The van der Waals surface area contributed by atoms with Crippen LogP contribution in [0.3, 0.4) is 0 Å². The molecule has 1 aromatic rings. The molecule has 0 aliphatic heterocycles. The van der Waals surface area contributed by atoms with E-state index in [4.69, 9.17) is 5.73 Å². The van der Waals surface area contributed by atoms with Gasteiger partial charge in [-0.15, -0.1) is 12.4 Å². The molecule has 0 unspecified atom stereocenters. The van der Waals surface area contributed by atoms with Gasteiger partial charge in [0.1, 0.15) is 11.5 Å². The molecule has 0 bridgehead atoms. The quantitative estimate of drug-likeness (QED) is 0.728. The Balaban J connectivity index is 0.00000169. The van der Waals surface area contributed by atoms with E-state index in [0.717, 1.165) is 18.4 Å². The molecule has 80 valence electrons. The number of phenols is 2. The molecule has 0 saturated carbocycles. The van der Waals surface area contributed by atoms with Crippen LogP contribution >= 0.6 is 12.4 Å². The summed E-state index contributed by atoms with van der Waals surface area (Å²) < 4.78 is 0. The van der Waals surface area contributed by atoms with E-state index in [0.29, 0.717) is 0 Å². The van der Waals surface area contributed by atoms with Gasteiger partial charge >= 0.3 is 0 Å². The van der Waals surface area contributed by atoms with E-state index in [1.165, 1.54) is 6.07 Å². The monoisotopic (exact) mass is 217 g/mol. The van der Waals surface area contributed by atoms with Gasteiger partial charge in [0.25, 0.3) is 0 Å².